The zero-order valence-corrected chi connectivity index (χ0v) is 12.8. The summed E-state index contributed by atoms with van der Waals surface area (Å²) in [5, 5.41) is 12.9. The Kier molecular flexibility index (Phi) is 5.13. The van der Waals surface area contributed by atoms with Gasteiger partial charge in [0, 0.05) is 12.1 Å². The summed E-state index contributed by atoms with van der Waals surface area (Å²) >= 11 is 5.82. The van der Waals surface area contributed by atoms with Gasteiger partial charge < -0.3 is 15.8 Å². The Hall–Kier alpha value is -3.27. The molecule has 0 atom stereocenters. The molecule has 0 aliphatic heterocycles. The number of nitro benzene ring substituents is 1. The summed E-state index contributed by atoms with van der Waals surface area (Å²) in [6.07, 6.45) is -1.47. The number of benzene rings is 2. The summed E-state index contributed by atoms with van der Waals surface area (Å²) in [5.74, 6) is -4.97. The van der Waals surface area contributed by atoms with E-state index in [1.807, 2.05) is 0 Å². The van der Waals surface area contributed by atoms with Gasteiger partial charge in [0.05, 0.1) is 21.2 Å². The molecule has 0 saturated carbocycles. The van der Waals surface area contributed by atoms with Crippen LogP contribution in [0.15, 0.2) is 30.3 Å². The third-order valence-electron chi connectivity index (χ3n) is 2.91. The molecule has 0 aliphatic rings. The summed E-state index contributed by atoms with van der Waals surface area (Å²) in [4.78, 5) is 32.8. The maximum Gasteiger partial charge on any atom is 0.410 e. The zero-order valence-electron chi connectivity index (χ0n) is 12.1. The van der Waals surface area contributed by atoms with Crippen LogP contribution in [0.2, 0.25) is 5.02 Å². The van der Waals surface area contributed by atoms with Crippen LogP contribution in [-0.2, 0) is 0 Å². The predicted octanol–water partition coefficient (Wildman–Crippen LogP) is 3.24. The van der Waals surface area contributed by atoms with Gasteiger partial charge >= 0.3 is 6.09 Å². The van der Waals surface area contributed by atoms with Crippen LogP contribution in [-0.4, -0.2) is 16.9 Å². The predicted molar refractivity (Wildman–Crippen MR) is 82.6 cm³/mol. The molecular formula is C14H8ClF2N3O5. The molecule has 0 saturated heterocycles. The van der Waals surface area contributed by atoms with Gasteiger partial charge in [0.1, 0.15) is 0 Å². The summed E-state index contributed by atoms with van der Waals surface area (Å²) in [6.45, 7) is 0. The maximum absolute atomic E-state index is 14.2. The van der Waals surface area contributed by atoms with Crippen molar-refractivity contribution >= 4 is 35.0 Å². The second-order valence-electron chi connectivity index (χ2n) is 4.53. The van der Waals surface area contributed by atoms with Gasteiger partial charge in [0.25, 0.3) is 11.6 Å². The number of carbonyl (C=O) groups is 2. The van der Waals surface area contributed by atoms with Crippen LogP contribution in [0.3, 0.4) is 0 Å². The Bertz CT molecular complexity index is 891. The van der Waals surface area contributed by atoms with Crippen LogP contribution in [0, 0.1) is 21.7 Å². The van der Waals surface area contributed by atoms with Crippen LogP contribution < -0.4 is 15.8 Å². The number of nitrogens with one attached hydrogen (secondary N) is 1. The lowest BCUT2D eigenvalue weighted by Gasteiger charge is -2.10. The SMILES string of the molecule is NC(=O)Oc1c(F)ccc(C(=O)Nc2cc([N+](=O)[O-])ccc2Cl)c1F. The summed E-state index contributed by atoms with van der Waals surface area (Å²) in [5.41, 5.74) is 3.48. The Morgan fingerprint density at radius 3 is 2.52 bits per heavy atom. The number of ether oxygens (including phenoxy) is 1. The van der Waals surface area contributed by atoms with E-state index in [0.717, 1.165) is 24.3 Å². The first-order valence-corrected chi connectivity index (χ1v) is 6.79. The van der Waals surface area contributed by atoms with Crippen molar-refractivity contribution in [3.8, 4) is 5.75 Å². The van der Waals surface area contributed by atoms with Gasteiger partial charge in [0.15, 0.2) is 11.6 Å². The molecule has 11 heteroatoms. The minimum absolute atomic E-state index is 0.0462. The van der Waals surface area contributed by atoms with Crippen LogP contribution in [0.5, 0.6) is 5.75 Å². The van der Waals surface area contributed by atoms with Crippen molar-refractivity contribution in [1.29, 1.82) is 0 Å². The van der Waals surface area contributed by atoms with E-state index in [1.54, 1.807) is 0 Å². The fraction of sp³-hybridized carbons (Fsp3) is 0. The van der Waals surface area contributed by atoms with Gasteiger partial charge in [-0.15, -0.1) is 0 Å². The zero-order chi connectivity index (χ0) is 18.7. The minimum atomic E-state index is -1.47. The Labute approximate surface area is 143 Å². The highest BCUT2D eigenvalue weighted by atomic mass is 35.5. The molecule has 0 bridgehead atoms. The third kappa shape index (κ3) is 3.98. The number of primary amides is 1. The number of nitrogens with zero attached hydrogens (tertiary/aromatic N) is 1. The Morgan fingerprint density at radius 2 is 1.92 bits per heavy atom. The van der Waals surface area contributed by atoms with Crippen LogP contribution in [0.1, 0.15) is 10.4 Å². The van der Waals surface area contributed by atoms with E-state index in [9.17, 15) is 28.5 Å². The average molecular weight is 372 g/mol. The number of hydrogen-bond acceptors (Lipinski definition) is 5. The molecule has 0 unspecified atom stereocenters. The average Bonchev–Trinajstić information content (AvgIpc) is 2.53. The van der Waals surface area contributed by atoms with Gasteiger partial charge in [-0.3, -0.25) is 14.9 Å². The molecule has 0 heterocycles. The first-order chi connectivity index (χ1) is 11.7. The lowest BCUT2D eigenvalue weighted by atomic mass is 10.1. The lowest BCUT2D eigenvalue weighted by molar-refractivity contribution is -0.384. The van der Waals surface area contributed by atoms with Crippen molar-refractivity contribution in [2.45, 2.75) is 0 Å². The standard InChI is InChI=1S/C14H8ClF2N3O5/c15-8-3-1-6(20(23)24)5-10(8)19-13(21)7-2-4-9(16)12(11(7)17)25-14(18)22/h1-5H,(H2,18,22)(H,19,21). The van der Waals surface area contributed by atoms with Crippen molar-refractivity contribution < 1.29 is 28.0 Å². The van der Waals surface area contributed by atoms with E-state index >= 15 is 0 Å². The molecule has 2 aromatic rings. The van der Waals surface area contributed by atoms with E-state index in [4.69, 9.17) is 17.3 Å². The molecule has 25 heavy (non-hydrogen) atoms. The third-order valence-corrected chi connectivity index (χ3v) is 3.23. The number of nitro groups is 1. The molecule has 0 aliphatic carbocycles. The highest BCUT2D eigenvalue weighted by Gasteiger charge is 2.22. The largest absolute Gasteiger partial charge is 0.410 e. The molecule has 0 spiro atoms. The lowest BCUT2D eigenvalue weighted by Crippen LogP contribution is -2.20. The molecule has 3 N–H and O–H groups in total. The highest BCUT2D eigenvalue weighted by Crippen LogP contribution is 2.29. The van der Waals surface area contributed by atoms with E-state index in [1.165, 1.54) is 0 Å². The van der Waals surface area contributed by atoms with Crippen molar-refractivity contribution in [3.63, 3.8) is 0 Å². The number of carbonyl (C=O) groups excluding carboxylic acids is 2. The van der Waals surface area contributed by atoms with E-state index in [2.05, 4.69) is 10.1 Å². The highest BCUT2D eigenvalue weighted by molar-refractivity contribution is 6.34. The topological polar surface area (TPSA) is 125 Å². The van der Waals surface area contributed by atoms with Gasteiger partial charge in [-0.25, -0.2) is 13.6 Å². The van der Waals surface area contributed by atoms with Gasteiger partial charge in [-0.1, -0.05) is 11.6 Å². The molecule has 8 nitrogen and oxygen atoms in total. The van der Waals surface area contributed by atoms with Crippen LogP contribution in [0.4, 0.5) is 25.0 Å². The normalized spacial score (nSPS) is 10.2. The summed E-state index contributed by atoms with van der Waals surface area (Å²) in [7, 11) is 0. The minimum Gasteiger partial charge on any atom is -0.404 e. The molecule has 2 aromatic carbocycles. The number of rotatable bonds is 4. The van der Waals surface area contributed by atoms with Gasteiger partial charge in [-0.2, -0.15) is 0 Å². The van der Waals surface area contributed by atoms with Gasteiger partial charge in [0.2, 0.25) is 5.75 Å². The Morgan fingerprint density at radius 1 is 1.24 bits per heavy atom. The van der Waals surface area contributed by atoms with Crippen molar-refractivity contribution in [2.75, 3.05) is 5.32 Å². The maximum atomic E-state index is 14.2. The number of hydrogen-bond donors (Lipinski definition) is 2. The second-order valence-corrected chi connectivity index (χ2v) is 4.94. The molecule has 2 amide bonds. The first-order valence-electron chi connectivity index (χ1n) is 6.41. The van der Waals surface area contributed by atoms with Crippen LogP contribution in [0.25, 0.3) is 0 Å². The molecule has 0 aromatic heterocycles. The van der Waals surface area contributed by atoms with Crippen molar-refractivity contribution in [1.82, 2.24) is 0 Å². The molecule has 130 valence electrons. The monoisotopic (exact) mass is 371 g/mol. The Balaban J connectivity index is 2.38. The number of anilines is 1. The fourth-order valence-corrected chi connectivity index (χ4v) is 1.98. The molecule has 2 rings (SSSR count). The number of amides is 2. The molecule has 0 fully saturated rings. The van der Waals surface area contributed by atoms with Gasteiger partial charge in [-0.05, 0) is 18.2 Å². The quantitative estimate of drug-likeness (QED) is 0.630. The van der Waals surface area contributed by atoms with Crippen molar-refractivity contribution in [2.24, 2.45) is 5.73 Å². The smallest absolute Gasteiger partial charge is 0.404 e. The summed E-state index contributed by atoms with van der Waals surface area (Å²) in [6, 6.07) is 4.71. The van der Waals surface area contributed by atoms with Crippen LogP contribution >= 0.6 is 11.6 Å². The number of nitrogens with two attached hydrogens (primary N) is 1. The van der Waals surface area contributed by atoms with E-state index < -0.39 is 39.9 Å². The molecular weight excluding hydrogens is 364 g/mol. The first kappa shape index (κ1) is 18.1. The second kappa shape index (κ2) is 7.09. The fourth-order valence-electron chi connectivity index (χ4n) is 1.81. The summed E-state index contributed by atoms with van der Waals surface area (Å²) < 4.78 is 31.9. The molecule has 0 radical (unpaired) electrons. The van der Waals surface area contributed by atoms with Crippen molar-refractivity contribution in [3.05, 3.63) is 62.7 Å². The number of non-ortho nitro benzene ring substituents is 1. The van der Waals surface area contributed by atoms with E-state index in [-0.39, 0.29) is 16.4 Å². The van der Waals surface area contributed by atoms with E-state index in [0.29, 0.717) is 6.07 Å². The number of halogens is 3.